The third-order valence-corrected chi connectivity index (χ3v) is 3.27. The van der Waals surface area contributed by atoms with Gasteiger partial charge in [0.1, 0.15) is 0 Å². The Hall–Kier alpha value is -2.36. The topological polar surface area (TPSA) is 55.2 Å². The average molecular weight is 240 g/mol. The number of nitrogens with zero attached hydrogens (tertiary/aromatic N) is 1. The van der Waals surface area contributed by atoms with E-state index >= 15 is 0 Å². The predicted molar refractivity (Wildman–Crippen MR) is 69.8 cm³/mol. The van der Waals surface area contributed by atoms with Crippen molar-refractivity contribution in [1.29, 1.82) is 0 Å². The van der Waals surface area contributed by atoms with Gasteiger partial charge < -0.3 is 5.32 Å². The van der Waals surface area contributed by atoms with Crippen molar-refractivity contribution in [1.82, 2.24) is 5.32 Å². The molecular formula is C14H12N2O2. The van der Waals surface area contributed by atoms with Crippen LogP contribution in [0.3, 0.4) is 0 Å². The van der Waals surface area contributed by atoms with Crippen molar-refractivity contribution in [3.05, 3.63) is 70.4 Å². The molecule has 0 saturated carbocycles. The molecule has 1 heterocycles. The van der Waals surface area contributed by atoms with Gasteiger partial charge in [0.05, 0.1) is 11.0 Å². The van der Waals surface area contributed by atoms with E-state index < -0.39 is 0 Å². The first-order valence-corrected chi connectivity index (χ1v) is 5.81. The average Bonchev–Trinajstić information content (AvgIpc) is 2.86. The first-order valence-electron chi connectivity index (χ1n) is 5.81. The summed E-state index contributed by atoms with van der Waals surface area (Å²) in [4.78, 5) is 10.4. The van der Waals surface area contributed by atoms with Crippen LogP contribution in [0, 0.1) is 16.0 Å². The van der Waals surface area contributed by atoms with Crippen LogP contribution in [-0.2, 0) is 0 Å². The van der Waals surface area contributed by atoms with Gasteiger partial charge in [-0.2, -0.15) is 0 Å². The quantitative estimate of drug-likeness (QED) is 0.638. The Labute approximate surface area is 104 Å². The first-order chi connectivity index (χ1) is 8.74. The van der Waals surface area contributed by atoms with Gasteiger partial charge in [0, 0.05) is 18.1 Å². The molecule has 0 amide bonds. The molecule has 1 aromatic rings. The minimum atomic E-state index is -0.366. The van der Waals surface area contributed by atoms with E-state index in [0.717, 1.165) is 11.1 Å². The number of nitrogens with one attached hydrogen (secondary N) is 1. The molecule has 0 radical (unpaired) electrons. The summed E-state index contributed by atoms with van der Waals surface area (Å²) in [7, 11) is 0. The zero-order chi connectivity index (χ0) is 12.5. The molecule has 2 unspecified atom stereocenters. The number of nitro benzene ring substituents is 1. The number of nitro groups is 1. The Balaban J connectivity index is 1.94. The van der Waals surface area contributed by atoms with Gasteiger partial charge in [-0.25, -0.2) is 0 Å². The van der Waals surface area contributed by atoms with Crippen molar-refractivity contribution in [3.63, 3.8) is 0 Å². The van der Waals surface area contributed by atoms with E-state index in [9.17, 15) is 10.1 Å². The van der Waals surface area contributed by atoms with Crippen LogP contribution in [0.25, 0.3) is 5.57 Å². The minimum absolute atomic E-state index is 0.126. The molecule has 3 rings (SSSR count). The van der Waals surface area contributed by atoms with Crippen molar-refractivity contribution < 1.29 is 4.92 Å². The summed E-state index contributed by atoms with van der Waals surface area (Å²) >= 11 is 0. The van der Waals surface area contributed by atoms with Crippen LogP contribution in [0.2, 0.25) is 0 Å². The fourth-order valence-corrected chi connectivity index (χ4v) is 2.31. The smallest absolute Gasteiger partial charge is 0.270 e. The summed E-state index contributed by atoms with van der Waals surface area (Å²) in [5.74, 6) is 0.396. The van der Waals surface area contributed by atoms with Crippen molar-refractivity contribution in [2.45, 2.75) is 6.04 Å². The van der Waals surface area contributed by atoms with Crippen LogP contribution >= 0.6 is 0 Å². The molecular weight excluding hydrogens is 228 g/mol. The maximum Gasteiger partial charge on any atom is 0.270 e. The van der Waals surface area contributed by atoms with Crippen molar-refractivity contribution >= 4 is 11.3 Å². The van der Waals surface area contributed by atoms with Gasteiger partial charge in [0.2, 0.25) is 0 Å². The standard InChI is InChI=1S/C14H12N2O2/c17-16(18)13-3-1-2-11(8-13)12-5-4-10-6-7-15-14(10)9-12/h1-10,14-15H. The summed E-state index contributed by atoms with van der Waals surface area (Å²) < 4.78 is 0. The molecule has 1 aromatic carbocycles. The number of non-ortho nitro benzene ring substituents is 1. The highest BCUT2D eigenvalue weighted by atomic mass is 16.6. The fraction of sp³-hybridized carbons (Fsp3) is 0.143. The fourth-order valence-electron chi connectivity index (χ4n) is 2.31. The zero-order valence-electron chi connectivity index (χ0n) is 9.61. The van der Waals surface area contributed by atoms with Crippen LogP contribution in [0.1, 0.15) is 5.56 Å². The summed E-state index contributed by atoms with van der Waals surface area (Å²) in [6.07, 6.45) is 10.3. The Morgan fingerprint density at radius 1 is 1.28 bits per heavy atom. The van der Waals surface area contributed by atoms with Gasteiger partial charge in [0.15, 0.2) is 0 Å². The Morgan fingerprint density at radius 2 is 2.17 bits per heavy atom. The van der Waals surface area contributed by atoms with Crippen molar-refractivity contribution in [2.75, 3.05) is 0 Å². The molecule has 0 saturated heterocycles. The van der Waals surface area contributed by atoms with E-state index in [1.54, 1.807) is 12.1 Å². The van der Waals surface area contributed by atoms with Crippen molar-refractivity contribution in [3.8, 4) is 0 Å². The Kier molecular flexibility index (Phi) is 2.48. The summed E-state index contributed by atoms with van der Waals surface area (Å²) in [6, 6.07) is 7.00. The number of allylic oxidation sites excluding steroid dienone is 2. The van der Waals surface area contributed by atoms with Crippen LogP contribution in [0.5, 0.6) is 0 Å². The Bertz CT molecular complexity index is 587. The molecule has 0 spiro atoms. The molecule has 0 aromatic heterocycles. The maximum atomic E-state index is 10.8. The largest absolute Gasteiger partial charge is 0.384 e. The van der Waals surface area contributed by atoms with Crippen molar-refractivity contribution in [2.24, 2.45) is 5.92 Å². The lowest BCUT2D eigenvalue weighted by Gasteiger charge is -2.19. The highest BCUT2D eigenvalue weighted by molar-refractivity contribution is 5.77. The van der Waals surface area contributed by atoms with E-state index in [0.29, 0.717) is 5.92 Å². The predicted octanol–water partition coefficient (Wildman–Crippen LogP) is 2.65. The first kappa shape index (κ1) is 10.8. The van der Waals surface area contributed by atoms with Gasteiger partial charge in [-0.05, 0) is 17.3 Å². The summed E-state index contributed by atoms with van der Waals surface area (Å²) in [6.45, 7) is 0. The molecule has 90 valence electrons. The highest BCUT2D eigenvalue weighted by Gasteiger charge is 2.22. The van der Waals surface area contributed by atoms with E-state index in [2.05, 4.69) is 23.5 Å². The second-order valence-corrected chi connectivity index (χ2v) is 4.42. The second kappa shape index (κ2) is 4.14. The lowest BCUT2D eigenvalue weighted by molar-refractivity contribution is -0.384. The normalized spacial score (nSPS) is 24.3. The van der Waals surface area contributed by atoms with Gasteiger partial charge in [-0.15, -0.1) is 0 Å². The molecule has 0 fully saturated rings. The molecule has 2 atom stereocenters. The SMILES string of the molecule is O=[N+]([O-])c1cccc(C2=CC3NC=CC3C=C2)c1. The van der Waals surface area contributed by atoms with Gasteiger partial charge in [-0.1, -0.05) is 36.4 Å². The molecule has 1 N–H and O–H groups in total. The van der Waals surface area contributed by atoms with E-state index in [1.165, 1.54) is 6.07 Å². The van der Waals surface area contributed by atoms with Crippen LogP contribution < -0.4 is 5.32 Å². The number of fused-ring (bicyclic) bond motifs is 1. The third kappa shape index (κ3) is 1.82. The van der Waals surface area contributed by atoms with Crippen LogP contribution in [0.4, 0.5) is 5.69 Å². The maximum absolute atomic E-state index is 10.8. The van der Waals surface area contributed by atoms with Gasteiger partial charge in [-0.3, -0.25) is 10.1 Å². The van der Waals surface area contributed by atoms with E-state index in [-0.39, 0.29) is 16.7 Å². The molecule has 0 bridgehead atoms. The minimum Gasteiger partial charge on any atom is -0.384 e. The van der Waals surface area contributed by atoms with Crippen LogP contribution in [0.15, 0.2) is 54.8 Å². The third-order valence-electron chi connectivity index (χ3n) is 3.27. The monoisotopic (exact) mass is 240 g/mol. The summed E-state index contributed by atoms with van der Waals surface area (Å²) in [5.41, 5.74) is 2.03. The number of benzene rings is 1. The molecule has 4 heteroatoms. The van der Waals surface area contributed by atoms with E-state index in [1.807, 2.05) is 18.3 Å². The lowest BCUT2D eigenvalue weighted by Crippen LogP contribution is -2.25. The second-order valence-electron chi connectivity index (χ2n) is 4.42. The number of hydrogen-bond donors (Lipinski definition) is 1. The number of rotatable bonds is 2. The molecule has 1 aliphatic heterocycles. The highest BCUT2D eigenvalue weighted by Crippen LogP contribution is 2.28. The van der Waals surface area contributed by atoms with Gasteiger partial charge >= 0.3 is 0 Å². The van der Waals surface area contributed by atoms with E-state index in [4.69, 9.17) is 0 Å². The molecule has 18 heavy (non-hydrogen) atoms. The lowest BCUT2D eigenvalue weighted by atomic mass is 9.90. The molecule has 2 aliphatic rings. The molecule has 1 aliphatic carbocycles. The Morgan fingerprint density at radius 3 is 3.00 bits per heavy atom. The summed E-state index contributed by atoms with van der Waals surface area (Å²) in [5, 5.41) is 14.0. The molecule has 4 nitrogen and oxygen atoms in total. The number of hydrogen-bond acceptors (Lipinski definition) is 3. The zero-order valence-corrected chi connectivity index (χ0v) is 9.61. The van der Waals surface area contributed by atoms with Gasteiger partial charge in [0.25, 0.3) is 5.69 Å². The van der Waals surface area contributed by atoms with Crippen LogP contribution in [-0.4, -0.2) is 11.0 Å².